The lowest BCUT2D eigenvalue weighted by atomic mass is 10.1. The van der Waals surface area contributed by atoms with Gasteiger partial charge in [-0.1, -0.05) is 40.8 Å². The molecule has 0 saturated heterocycles. The van der Waals surface area contributed by atoms with Crippen LogP contribution < -0.4 is 34.1 Å². The first kappa shape index (κ1) is 43.1. The smallest absolute Gasteiger partial charge is 0.261 e. The van der Waals surface area contributed by atoms with Gasteiger partial charge in [0.15, 0.2) is 23.0 Å². The van der Waals surface area contributed by atoms with Crippen molar-refractivity contribution < 1.29 is 33.3 Å². The standard InChI is InChI=1S/C43H53N5O7S2/c1-11-27(3)47(7)41(50)32-23-37(53-9)39(25-35(32)46(6)12-2)55-19-13-18-54-38-24-33-31(22-36(38)52-8)42(51)48-30(26-44-33)20-28-14-15-29(21-34(28)48)45-40(49)16-17-43(4,5)57-56-10/h11,14-15,21-26,30H,1,3,12-13,16-20H2,2,4-10H3,(H,45,49)/t30-/m0/s1. The highest BCUT2D eigenvalue weighted by molar-refractivity contribution is 8.76. The van der Waals surface area contributed by atoms with Gasteiger partial charge in [0.2, 0.25) is 5.91 Å². The number of amides is 3. The molecule has 3 aromatic carbocycles. The SMILES string of the molecule is C=CC(=C)N(C)C(=O)c1cc(OC)c(OCCCOc2cc3c(cc2OC)C(=O)N2c4cc(NC(=O)CCC(C)(C)SSC)ccc4C[C@H]2C=N3)cc1N(C)CC. The number of hydrogen-bond acceptors (Lipinski definition) is 11. The number of methoxy groups -OCH3 is 2. The Bertz CT molecular complexity index is 2050. The average molecular weight is 816 g/mol. The molecule has 0 unspecified atom stereocenters. The Hall–Kier alpha value is -5.08. The van der Waals surface area contributed by atoms with E-state index in [1.54, 1.807) is 64.0 Å². The Morgan fingerprint density at radius 1 is 1.04 bits per heavy atom. The first-order valence-electron chi connectivity index (χ1n) is 18.8. The minimum atomic E-state index is -0.281. The molecule has 0 aromatic heterocycles. The van der Waals surface area contributed by atoms with E-state index in [1.165, 1.54) is 25.2 Å². The third-order valence-corrected chi connectivity index (χ3v) is 12.6. The number of anilines is 3. The topological polar surface area (TPSA) is 122 Å². The number of nitrogens with zero attached hydrogens (tertiary/aromatic N) is 4. The van der Waals surface area contributed by atoms with Crippen molar-refractivity contribution in [3.05, 3.63) is 84.1 Å². The lowest BCUT2D eigenvalue weighted by Gasteiger charge is -2.25. The Kier molecular flexibility index (Phi) is 14.3. The number of carbonyl (C=O) groups excluding carboxylic acids is 3. The summed E-state index contributed by atoms with van der Waals surface area (Å²) in [5.74, 6) is 1.24. The van der Waals surface area contributed by atoms with E-state index in [1.807, 2.05) is 43.3 Å². The number of allylic oxidation sites excluding steroid dienone is 1. The minimum Gasteiger partial charge on any atom is -0.493 e. The van der Waals surface area contributed by atoms with Gasteiger partial charge in [0.1, 0.15) is 0 Å². The summed E-state index contributed by atoms with van der Waals surface area (Å²) in [6.45, 7) is 15.1. The molecule has 2 aliphatic heterocycles. The maximum absolute atomic E-state index is 14.2. The predicted molar refractivity (Wildman–Crippen MR) is 234 cm³/mol. The molecule has 12 nitrogen and oxygen atoms in total. The van der Waals surface area contributed by atoms with Gasteiger partial charge in [0.05, 0.1) is 61.7 Å². The largest absolute Gasteiger partial charge is 0.493 e. The van der Waals surface area contributed by atoms with Crippen LogP contribution in [0.5, 0.6) is 23.0 Å². The van der Waals surface area contributed by atoms with Crippen LogP contribution in [0.15, 0.2) is 72.4 Å². The van der Waals surface area contributed by atoms with Crippen LogP contribution in [-0.4, -0.2) is 94.0 Å². The molecule has 2 heterocycles. The molecule has 0 fully saturated rings. The van der Waals surface area contributed by atoms with Gasteiger partial charge in [-0.25, -0.2) is 0 Å². The Morgan fingerprint density at radius 3 is 2.37 bits per heavy atom. The summed E-state index contributed by atoms with van der Waals surface area (Å²) in [7, 11) is 10.1. The van der Waals surface area contributed by atoms with Gasteiger partial charge in [-0.2, -0.15) is 0 Å². The van der Waals surface area contributed by atoms with Gasteiger partial charge in [-0.15, -0.1) is 0 Å². The second-order valence-electron chi connectivity index (χ2n) is 14.3. The number of carbonyl (C=O) groups is 3. The molecule has 14 heteroatoms. The van der Waals surface area contributed by atoms with E-state index in [4.69, 9.17) is 23.9 Å². The number of likely N-dealkylation sites (N-methyl/N-ethyl adjacent to an activating group) is 1. The molecule has 0 bridgehead atoms. The van der Waals surface area contributed by atoms with Gasteiger partial charge in [0, 0.05) is 74.4 Å². The van der Waals surface area contributed by atoms with Crippen LogP contribution in [0.2, 0.25) is 0 Å². The molecule has 57 heavy (non-hydrogen) atoms. The highest BCUT2D eigenvalue weighted by Crippen LogP contribution is 2.42. The molecule has 3 amide bonds. The van der Waals surface area contributed by atoms with E-state index in [-0.39, 0.29) is 35.1 Å². The fourth-order valence-electron chi connectivity index (χ4n) is 6.56. The molecule has 304 valence electrons. The third kappa shape index (κ3) is 9.90. The summed E-state index contributed by atoms with van der Waals surface area (Å²) in [6, 6.07) is 12.3. The number of ether oxygens (including phenoxy) is 4. The average Bonchev–Trinajstić information content (AvgIpc) is 3.51. The van der Waals surface area contributed by atoms with Gasteiger partial charge in [-0.3, -0.25) is 24.3 Å². The van der Waals surface area contributed by atoms with Crippen molar-refractivity contribution in [2.75, 3.05) is 69.4 Å². The number of rotatable bonds is 19. The van der Waals surface area contributed by atoms with E-state index in [0.717, 1.165) is 17.7 Å². The highest BCUT2D eigenvalue weighted by atomic mass is 33.1. The van der Waals surface area contributed by atoms with Gasteiger partial charge in [0.25, 0.3) is 11.8 Å². The van der Waals surface area contributed by atoms with Crippen molar-refractivity contribution in [3.63, 3.8) is 0 Å². The first-order valence-corrected chi connectivity index (χ1v) is 21.3. The van der Waals surface area contributed by atoms with Crippen molar-refractivity contribution >= 4 is 68.3 Å². The summed E-state index contributed by atoms with van der Waals surface area (Å²) in [5.41, 5.74) is 4.88. The zero-order valence-electron chi connectivity index (χ0n) is 34.1. The van der Waals surface area contributed by atoms with Crippen molar-refractivity contribution in [1.29, 1.82) is 0 Å². The second-order valence-corrected chi connectivity index (χ2v) is 17.4. The van der Waals surface area contributed by atoms with Crippen LogP contribution in [0.3, 0.4) is 0 Å². The molecule has 5 rings (SSSR count). The van der Waals surface area contributed by atoms with Crippen molar-refractivity contribution in [2.45, 2.75) is 57.2 Å². The quantitative estimate of drug-likeness (QED) is 0.0716. The third-order valence-electron chi connectivity index (χ3n) is 9.94. The van der Waals surface area contributed by atoms with Crippen molar-refractivity contribution in [2.24, 2.45) is 4.99 Å². The molecule has 2 aliphatic rings. The van der Waals surface area contributed by atoms with Gasteiger partial charge < -0.3 is 34.1 Å². The van der Waals surface area contributed by atoms with E-state index in [2.05, 4.69) is 32.3 Å². The Morgan fingerprint density at radius 2 is 1.72 bits per heavy atom. The fourth-order valence-corrected chi connectivity index (χ4v) is 8.80. The Balaban J connectivity index is 1.25. The fraction of sp³-hybridized carbons (Fsp3) is 0.395. The Labute approximate surface area is 344 Å². The van der Waals surface area contributed by atoms with Crippen LogP contribution in [0.4, 0.5) is 22.7 Å². The summed E-state index contributed by atoms with van der Waals surface area (Å²) < 4.78 is 23.6. The van der Waals surface area contributed by atoms with Crippen molar-refractivity contribution in [3.8, 4) is 23.0 Å². The zero-order valence-corrected chi connectivity index (χ0v) is 35.7. The zero-order chi connectivity index (χ0) is 41.4. The van der Waals surface area contributed by atoms with E-state index in [9.17, 15) is 14.4 Å². The lowest BCUT2D eigenvalue weighted by molar-refractivity contribution is -0.116. The number of fused-ring (bicyclic) bond motifs is 4. The normalized spacial score (nSPS) is 14.1. The van der Waals surface area contributed by atoms with E-state index in [0.29, 0.717) is 89.3 Å². The predicted octanol–water partition coefficient (Wildman–Crippen LogP) is 8.58. The van der Waals surface area contributed by atoms with Crippen LogP contribution in [-0.2, 0) is 11.2 Å². The number of nitrogens with one attached hydrogen (secondary N) is 1. The maximum Gasteiger partial charge on any atom is 0.261 e. The second kappa shape index (κ2) is 18.9. The summed E-state index contributed by atoms with van der Waals surface area (Å²) in [6.07, 6.45) is 7.62. The minimum absolute atomic E-state index is 0.0171. The van der Waals surface area contributed by atoms with Gasteiger partial charge in [-0.05, 0) is 69.4 Å². The molecule has 0 saturated carbocycles. The van der Waals surface area contributed by atoms with Crippen LogP contribution >= 0.6 is 21.6 Å². The van der Waals surface area contributed by atoms with Crippen LogP contribution in [0.25, 0.3) is 0 Å². The lowest BCUT2D eigenvalue weighted by Crippen LogP contribution is -2.37. The maximum atomic E-state index is 14.2. The number of hydrogen-bond donors (Lipinski definition) is 1. The first-order chi connectivity index (χ1) is 27.2. The molecule has 1 atom stereocenters. The molecular formula is C43H53N5O7S2. The highest BCUT2D eigenvalue weighted by Gasteiger charge is 2.37. The molecule has 3 aromatic rings. The van der Waals surface area contributed by atoms with Crippen LogP contribution in [0.1, 0.15) is 66.3 Å². The van der Waals surface area contributed by atoms with Crippen molar-refractivity contribution in [1.82, 2.24) is 4.90 Å². The van der Waals surface area contributed by atoms with Crippen LogP contribution in [0, 0.1) is 0 Å². The van der Waals surface area contributed by atoms with E-state index >= 15 is 0 Å². The molecule has 0 radical (unpaired) electrons. The summed E-state index contributed by atoms with van der Waals surface area (Å²) in [4.78, 5) is 50.3. The summed E-state index contributed by atoms with van der Waals surface area (Å²) in [5, 5.41) is 3.03. The number of benzene rings is 3. The molecular weight excluding hydrogens is 763 g/mol. The molecule has 1 N–H and O–H groups in total. The number of aliphatic imine (C=N–C) groups is 1. The van der Waals surface area contributed by atoms with E-state index < -0.39 is 0 Å². The van der Waals surface area contributed by atoms with Gasteiger partial charge >= 0.3 is 0 Å². The monoisotopic (exact) mass is 815 g/mol. The summed E-state index contributed by atoms with van der Waals surface area (Å²) >= 11 is 0. The molecule has 0 aliphatic carbocycles. The molecule has 0 spiro atoms.